The molecule has 1 aromatic rings. The minimum atomic E-state index is -0.992. The first-order valence-electron chi connectivity index (χ1n) is 9.37. The molecule has 0 aliphatic carbocycles. The van der Waals surface area contributed by atoms with E-state index in [0.29, 0.717) is 39.4 Å². The number of carbonyl (C=O) groups excluding carboxylic acids is 2. The fourth-order valence-electron chi connectivity index (χ4n) is 3.56. The Kier molecular flexibility index (Phi) is 6.73. The molecule has 0 unspecified atom stereocenters. The molecule has 6 nitrogen and oxygen atoms in total. The Balaban J connectivity index is 1.45. The van der Waals surface area contributed by atoms with Crippen LogP contribution in [-0.4, -0.2) is 67.6 Å². The number of piperidine rings is 1. The van der Waals surface area contributed by atoms with E-state index in [0.717, 1.165) is 31.5 Å². The maximum absolute atomic E-state index is 13.2. The van der Waals surface area contributed by atoms with Gasteiger partial charge < -0.3 is 19.9 Å². The summed E-state index contributed by atoms with van der Waals surface area (Å²) >= 11 is 0. The van der Waals surface area contributed by atoms with Gasteiger partial charge in [-0.25, -0.2) is 8.78 Å². The standard InChI is InChI=1S/C19H25F2N3O3/c20-16-4-3-15(12-17(16)21)22-18(25)5-7-23-6-1-2-14(13-23)19(26)24-8-10-27-11-9-24/h3-4,12,14H,1-2,5-11,13H2,(H,22,25)/t14-/m1/s1. The second-order valence-corrected chi connectivity index (χ2v) is 7.00. The highest BCUT2D eigenvalue weighted by Gasteiger charge is 2.30. The van der Waals surface area contributed by atoms with Crippen LogP contribution in [0.2, 0.25) is 0 Å². The highest BCUT2D eigenvalue weighted by Crippen LogP contribution is 2.20. The van der Waals surface area contributed by atoms with Gasteiger partial charge in [0.1, 0.15) is 0 Å². The smallest absolute Gasteiger partial charge is 0.227 e. The number of ether oxygens (including phenoxy) is 1. The zero-order valence-corrected chi connectivity index (χ0v) is 15.3. The molecule has 0 radical (unpaired) electrons. The summed E-state index contributed by atoms with van der Waals surface area (Å²) in [7, 11) is 0. The molecule has 0 aromatic heterocycles. The average molecular weight is 381 g/mol. The fourth-order valence-corrected chi connectivity index (χ4v) is 3.56. The Morgan fingerprint density at radius 3 is 2.67 bits per heavy atom. The predicted octanol–water partition coefficient (Wildman–Crippen LogP) is 1.86. The maximum atomic E-state index is 13.2. The summed E-state index contributed by atoms with van der Waals surface area (Å²) in [5.41, 5.74) is 0.234. The Labute approximate surface area is 157 Å². The highest BCUT2D eigenvalue weighted by atomic mass is 19.2. The van der Waals surface area contributed by atoms with Crippen LogP contribution in [0, 0.1) is 17.6 Å². The van der Waals surface area contributed by atoms with E-state index in [1.807, 2.05) is 4.90 Å². The van der Waals surface area contributed by atoms with Crippen LogP contribution in [0.4, 0.5) is 14.5 Å². The molecule has 2 fully saturated rings. The number of anilines is 1. The first-order valence-corrected chi connectivity index (χ1v) is 9.37. The van der Waals surface area contributed by atoms with Crippen molar-refractivity contribution in [2.75, 3.05) is 51.3 Å². The van der Waals surface area contributed by atoms with Crippen molar-refractivity contribution < 1.29 is 23.1 Å². The third-order valence-corrected chi connectivity index (χ3v) is 5.04. The zero-order chi connectivity index (χ0) is 19.2. The molecule has 0 bridgehead atoms. The van der Waals surface area contributed by atoms with Crippen LogP contribution in [0.1, 0.15) is 19.3 Å². The van der Waals surface area contributed by atoms with Gasteiger partial charge in [0.2, 0.25) is 11.8 Å². The number of hydrogen-bond donors (Lipinski definition) is 1. The molecule has 1 atom stereocenters. The van der Waals surface area contributed by atoms with E-state index >= 15 is 0 Å². The number of benzene rings is 1. The van der Waals surface area contributed by atoms with Gasteiger partial charge in [-0.3, -0.25) is 9.59 Å². The molecular formula is C19H25F2N3O3. The number of carbonyl (C=O) groups is 2. The van der Waals surface area contributed by atoms with Crippen LogP contribution in [0.5, 0.6) is 0 Å². The number of halogens is 2. The second-order valence-electron chi connectivity index (χ2n) is 7.00. The number of hydrogen-bond acceptors (Lipinski definition) is 4. The quantitative estimate of drug-likeness (QED) is 0.846. The van der Waals surface area contributed by atoms with Gasteiger partial charge in [0, 0.05) is 44.4 Å². The minimum Gasteiger partial charge on any atom is -0.378 e. The number of nitrogens with one attached hydrogen (secondary N) is 1. The van der Waals surface area contributed by atoms with Gasteiger partial charge in [0.15, 0.2) is 11.6 Å². The highest BCUT2D eigenvalue weighted by molar-refractivity contribution is 5.90. The van der Waals surface area contributed by atoms with Crippen molar-refractivity contribution >= 4 is 17.5 Å². The van der Waals surface area contributed by atoms with Crippen molar-refractivity contribution in [3.05, 3.63) is 29.8 Å². The molecule has 0 spiro atoms. The van der Waals surface area contributed by atoms with Crippen molar-refractivity contribution in [2.45, 2.75) is 19.3 Å². The normalized spacial score (nSPS) is 21.1. The monoisotopic (exact) mass is 381 g/mol. The van der Waals surface area contributed by atoms with Gasteiger partial charge >= 0.3 is 0 Å². The molecule has 2 aliphatic rings. The minimum absolute atomic E-state index is 0.0360. The first kappa shape index (κ1) is 19.7. The Hall–Kier alpha value is -2.06. The maximum Gasteiger partial charge on any atom is 0.227 e. The summed E-state index contributed by atoms with van der Waals surface area (Å²) in [6, 6.07) is 3.27. The third-order valence-electron chi connectivity index (χ3n) is 5.04. The topological polar surface area (TPSA) is 61.9 Å². The van der Waals surface area contributed by atoms with Crippen LogP contribution in [0.15, 0.2) is 18.2 Å². The molecule has 1 N–H and O–H groups in total. The van der Waals surface area contributed by atoms with Crippen molar-refractivity contribution in [1.82, 2.24) is 9.80 Å². The molecule has 2 saturated heterocycles. The molecule has 3 rings (SSSR count). The molecule has 27 heavy (non-hydrogen) atoms. The van der Waals surface area contributed by atoms with Crippen molar-refractivity contribution in [2.24, 2.45) is 5.92 Å². The van der Waals surface area contributed by atoms with E-state index in [2.05, 4.69) is 10.2 Å². The fraction of sp³-hybridized carbons (Fsp3) is 0.579. The third kappa shape index (κ3) is 5.46. The van der Waals surface area contributed by atoms with E-state index in [1.165, 1.54) is 6.07 Å². The number of amides is 2. The van der Waals surface area contributed by atoms with E-state index in [1.54, 1.807) is 0 Å². The number of likely N-dealkylation sites (tertiary alicyclic amines) is 1. The summed E-state index contributed by atoms with van der Waals surface area (Å²) in [6.45, 7) is 4.50. The second kappa shape index (κ2) is 9.23. The lowest BCUT2D eigenvalue weighted by molar-refractivity contribution is -0.141. The van der Waals surface area contributed by atoms with E-state index in [9.17, 15) is 18.4 Å². The van der Waals surface area contributed by atoms with Crippen LogP contribution in [0.3, 0.4) is 0 Å². The van der Waals surface area contributed by atoms with Crippen molar-refractivity contribution in [3.63, 3.8) is 0 Å². The SMILES string of the molecule is O=C(CCN1CCC[C@@H](C(=O)N2CCOCC2)C1)Nc1ccc(F)c(F)c1. The number of nitrogens with zero attached hydrogens (tertiary/aromatic N) is 2. The summed E-state index contributed by atoms with van der Waals surface area (Å²) in [5, 5.41) is 2.57. The first-order chi connectivity index (χ1) is 13.0. The van der Waals surface area contributed by atoms with Gasteiger partial charge in [-0.15, -0.1) is 0 Å². The lowest BCUT2D eigenvalue weighted by Gasteiger charge is -2.36. The molecule has 2 amide bonds. The van der Waals surface area contributed by atoms with Crippen LogP contribution >= 0.6 is 0 Å². The molecule has 1 aromatic carbocycles. The summed E-state index contributed by atoms with van der Waals surface area (Å²) in [5.74, 6) is -2.06. The van der Waals surface area contributed by atoms with E-state index in [-0.39, 0.29) is 29.8 Å². The predicted molar refractivity (Wildman–Crippen MR) is 96.2 cm³/mol. The molecular weight excluding hydrogens is 356 g/mol. The van der Waals surface area contributed by atoms with Gasteiger partial charge in [0.05, 0.1) is 19.1 Å². The molecule has 0 saturated carbocycles. The molecule has 148 valence electrons. The van der Waals surface area contributed by atoms with Crippen LogP contribution in [-0.2, 0) is 14.3 Å². The van der Waals surface area contributed by atoms with Crippen molar-refractivity contribution in [1.29, 1.82) is 0 Å². The molecule has 2 heterocycles. The van der Waals surface area contributed by atoms with Crippen LogP contribution in [0.25, 0.3) is 0 Å². The summed E-state index contributed by atoms with van der Waals surface area (Å²) in [6.07, 6.45) is 2.02. The summed E-state index contributed by atoms with van der Waals surface area (Å²) in [4.78, 5) is 28.7. The van der Waals surface area contributed by atoms with Crippen molar-refractivity contribution in [3.8, 4) is 0 Å². The van der Waals surface area contributed by atoms with Crippen LogP contribution < -0.4 is 5.32 Å². The lowest BCUT2D eigenvalue weighted by Crippen LogP contribution is -2.48. The number of morpholine rings is 1. The van der Waals surface area contributed by atoms with Gasteiger partial charge in [-0.2, -0.15) is 0 Å². The Morgan fingerprint density at radius 1 is 1.15 bits per heavy atom. The largest absolute Gasteiger partial charge is 0.378 e. The Bertz CT molecular complexity index is 680. The zero-order valence-electron chi connectivity index (χ0n) is 15.3. The average Bonchev–Trinajstić information content (AvgIpc) is 2.69. The van der Waals surface area contributed by atoms with Gasteiger partial charge in [0.25, 0.3) is 0 Å². The molecule has 2 aliphatic heterocycles. The lowest BCUT2D eigenvalue weighted by atomic mass is 9.96. The summed E-state index contributed by atoms with van der Waals surface area (Å²) < 4.78 is 31.4. The van der Waals surface area contributed by atoms with Gasteiger partial charge in [-0.05, 0) is 31.5 Å². The van der Waals surface area contributed by atoms with E-state index < -0.39 is 11.6 Å². The molecule has 8 heteroatoms. The number of rotatable bonds is 5. The Morgan fingerprint density at radius 2 is 1.93 bits per heavy atom. The van der Waals surface area contributed by atoms with E-state index in [4.69, 9.17) is 4.74 Å². The van der Waals surface area contributed by atoms with Gasteiger partial charge in [-0.1, -0.05) is 0 Å².